The molecule has 0 aromatic carbocycles. The fraction of sp³-hybridized carbons (Fsp3) is 1.00. The first-order valence-electron chi connectivity index (χ1n) is 6.19. The molecule has 1 N–H and O–H groups in total. The number of rotatable bonds is 7. The summed E-state index contributed by atoms with van der Waals surface area (Å²) in [6, 6.07) is 0. The summed E-state index contributed by atoms with van der Waals surface area (Å²) in [5.41, 5.74) is 0. The first-order chi connectivity index (χ1) is 7.27. The second-order valence-corrected chi connectivity index (χ2v) is 12.0. The Balaban J connectivity index is 0. The third-order valence-corrected chi connectivity index (χ3v) is 2.40. The maximum atomic E-state index is 10.2. The molecule has 16 heavy (non-hydrogen) atoms. The minimum Gasteiger partial charge on any atom is -0.808 e. The van der Waals surface area contributed by atoms with E-state index in [1.165, 1.54) is 25.7 Å². The van der Waals surface area contributed by atoms with Crippen molar-refractivity contribution in [1.29, 1.82) is 0 Å². The van der Waals surface area contributed by atoms with E-state index < -0.39 is 8.38 Å². The molecule has 0 aromatic rings. The molecule has 1 unspecified atom stereocenters. The van der Waals surface area contributed by atoms with Gasteiger partial charge >= 0.3 is 0 Å². The number of unbranched alkanes of at least 4 members (excludes halogenated alkanes) is 5. The first-order valence-corrected chi connectivity index (χ1v) is 11.2. The van der Waals surface area contributed by atoms with Crippen LogP contribution in [0.15, 0.2) is 0 Å². The number of hydrogen-bond donors (Lipinski definition) is 1. The van der Waals surface area contributed by atoms with Crippen molar-refractivity contribution in [3.63, 3.8) is 0 Å². The van der Waals surface area contributed by atoms with Gasteiger partial charge in [0, 0.05) is 33.9 Å². The van der Waals surface area contributed by atoms with Crippen molar-refractivity contribution in [3.8, 4) is 0 Å². The third kappa shape index (κ3) is 36.4. The normalized spacial score (nSPS) is 12.9. The van der Waals surface area contributed by atoms with Crippen molar-refractivity contribution in [2.24, 2.45) is 0 Å². The van der Waals surface area contributed by atoms with Gasteiger partial charge in [-0.05, 0) is 12.6 Å². The van der Waals surface area contributed by atoms with E-state index in [1.807, 2.05) is 0 Å². The molecule has 100 valence electrons. The van der Waals surface area contributed by atoms with Crippen molar-refractivity contribution >= 4 is 15.6 Å². The van der Waals surface area contributed by atoms with Crippen LogP contribution in [0.4, 0.5) is 0 Å². The van der Waals surface area contributed by atoms with Crippen LogP contribution >= 0.6 is 15.6 Å². The van der Waals surface area contributed by atoms with E-state index in [2.05, 4.69) is 33.6 Å². The molecule has 0 aliphatic carbocycles. The molecule has 0 radical (unpaired) electrons. The fourth-order valence-corrected chi connectivity index (χ4v) is 1.52. The zero-order valence-electron chi connectivity index (χ0n) is 11.7. The minimum atomic E-state index is -1.87. The Bertz CT molecular complexity index is 127. The highest BCUT2D eigenvalue weighted by Gasteiger charge is 2.03. The summed E-state index contributed by atoms with van der Waals surface area (Å²) < 4.78 is 0. The zero-order valence-corrected chi connectivity index (χ0v) is 13.5. The van der Waals surface area contributed by atoms with Crippen LogP contribution in [0, 0.1) is 0 Å². The van der Waals surface area contributed by atoms with Gasteiger partial charge in [-0.1, -0.05) is 47.4 Å². The predicted octanol–water partition coefficient (Wildman–Crippen LogP) is 3.53. The van der Waals surface area contributed by atoms with Crippen LogP contribution in [0.5, 0.6) is 0 Å². The highest BCUT2D eigenvalue weighted by molar-refractivity contribution is 7.73. The highest BCUT2D eigenvalue weighted by atomic mass is 31.2. The first kappa shape index (κ1) is 19.1. The topological polar surface area (TPSA) is 43.3 Å². The van der Waals surface area contributed by atoms with E-state index in [0.29, 0.717) is 6.16 Å². The third-order valence-electron chi connectivity index (χ3n) is 1.70. The van der Waals surface area contributed by atoms with Crippen LogP contribution < -0.4 is 4.89 Å². The van der Waals surface area contributed by atoms with Crippen LogP contribution in [-0.4, -0.2) is 37.7 Å². The zero-order chi connectivity index (χ0) is 13.0. The monoisotopic (exact) mass is 268 g/mol. The Kier molecular flexibility index (Phi) is 14.6. The van der Waals surface area contributed by atoms with E-state index in [1.54, 1.807) is 0 Å². The molecule has 0 aromatic heterocycles. The lowest BCUT2D eigenvalue weighted by Gasteiger charge is -2.13. The summed E-state index contributed by atoms with van der Waals surface area (Å²) in [7, 11) is -2.26. The molecular weight excluding hydrogens is 238 g/mol. The Morgan fingerprint density at radius 1 is 0.938 bits per heavy atom. The molecule has 0 heterocycles. The Morgan fingerprint density at radius 2 is 1.31 bits per heavy atom. The molecule has 0 saturated carbocycles. The molecule has 0 aliphatic rings. The lowest BCUT2D eigenvalue weighted by Crippen LogP contribution is -1.97. The van der Waals surface area contributed by atoms with Gasteiger partial charge in [-0.25, -0.2) is 0 Å². The van der Waals surface area contributed by atoms with Crippen LogP contribution in [-0.2, 0) is 0 Å². The summed E-state index contributed by atoms with van der Waals surface area (Å²) in [5, 5.41) is 0. The van der Waals surface area contributed by atoms with Gasteiger partial charge in [-0.15, -0.1) is 0 Å². The Labute approximate surface area is 104 Å². The summed E-state index contributed by atoms with van der Waals surface area (Å²) >= 11 is 0. The molecule has 2 nitrogen and oxygen atoms in total. The van der Waals surface area contributed by atoms with Gasteiger partial charge in [0.15, 0.2) is 0 Å². The molecule has 0 saturated heterocycles. The largest absolute Gasteiger partial charge is 0.808 e. The molecule has 0 aliphatic heterocycles. The summed E-state index contributed by atoms with van der Waals surface area (Å²) in [6.07, 6.45) is 7.56. The summed E-state index contributed by atoms with van der Waals surface area (Å²) in [4.78, 5) is 18.7. The van der Waals surface area contributed by atoms with Crippen molar-refractivity contribution in [3.05, 3.63) is 0 Å². The molecule has 0 amide bonds. The average Bonchev–Trinajstić information content (AvgIpc) is 2.08. The van der Waals surface area contributed by atoms with Crippen LogP contribution in [0.25, 0.3) is 0 Å². The minimum absolute atomic E-state index is 0.389. The van der Waals surface area contributed by atoms with Crippen LogP contribution in [0.2, 0.25) is 0 Å². The second-order valence-electron chi connectivity index (χ2n) is 5.53. The van der Waals surface area contributed by atoms with Crippen molar-refractivity contribution in [2.45, 2.75) is 45.4 Å². The van der Waals surface area contributed by atoms with Crippen molar-refractivity contribution in [1.82, 2.24) is 0 Å². The van der Waals surface area contributed by atoms with E-state index in [-0.39, 0.29) is 7.26 Å². The average molecular weight is 268 g/mol. The summed E-state index contributed by atoms with van der Waals surface area (Å²) in [5.74, 6) is 0. The second kappa shape index (κ2) is 12.2. The van der Waals surface area contributed by atoms with Crippen LogP contribution in [0.1, 0.15) is 45.4 Å². The van der Waals surface area contributed by atoms with Gasteiger partial charge in [-0.2, -0.15) is 0 Å². The lowest BCUT2D eigenvalue weighted by molar-refractivity contribution is -0.175. The molecule has 0 fully saturated rings. The van der Waals surface area contributed by atoms with Gasteiger partial charge in [0.05, 0.1) is 0 Å². The lowest BCUT2D eigenvalue weighted by atomic mass is 10.1. The van der Waals surface area contributed by atoms with Gasteiger partial charge in [0.25, 0.3) is 0 Å². The smallest absolute Gasteiger partial charge is 0.0481 e. The molecular formula is C12H30O2P2. The molecule has 1 atom stereocenters. The maximum absolute atomic E-state index is 10.2. The molecule has 4 heteroatoms. The van der Waals surface area contributed by atoms with Gasteiger partial charge in [-0.3, -0.25) is 0 Å². The van der Waals surface area contributed by atoms with E-state index in [0.717, 1.165) is 12.8 Å². The van der Waals surface area contributed by atoms with Crippen molar-refractivity contribution < 1.29 is 9.79 Å². The van der Waals surface area contributed by atoms with E-state index >= 15 is 0 Å². The Hall–Kier alpha value is 0.780. The number of hydrogen-bond acceptors (Lipinski definition) is 2. The standard InChI is InChI=1S/C8H18O2P.C4H12P/c1-2-3-4-5-6-7-8-11(9)10;1-5(2,3)4/h9H,2-8H2,1H3;1-4H3/q-1;+1. The molecule has 0 bridgehead atoms. The molecule has 0 rings (SSSR count). The highest BCUT2D eigenvalue weighted by Crippen LogP contribution is 2.40. The van der Waals surface area contributed by atoms with E-state index in [9.17, 15) is 4.89 Å². The predicted molar refractivity (Wildman–Crippen MR) is 78.0 cm³/mol. The Morgan fingerprint density at radius 3 is 1.69 bits per heavy atom. The SMILES string of the molecule is CCCCCCCCP([O-])O.C[P+](C)(C)C. The van der Waals surface area contributed by atoms with Gasteiger partial charge in [0.2, 0.25) is 0 Å². The van der Waals surface area contributed by atoms with E-state index in [4.69, 9.17) is 4.89 Å². The maximum Gasteiger partial charge on any atom is 0.0481 e. The molecule has 0 spiro atoms. The van der Waals surface area contributed by atoms with Gasteiger partial charge in [0.1, 0.15) is 0 Å². The van der Waals surface area contributed by atoms with Gasteiger partial charge < -0.3 is 9.79 Å². The fourth-order valence-electron chi connectivity index (χ4n) is 1.03. The van der Waals surface area contributed by atoms with Crippen molar-refractivity contribution in [2.75, 3.05) is 32.8 Å². The van der Waals surface area contributed by atoms with Crippen LogP contribution in [0.3, 0.4) is 0 Å². The summed E-state index contributed by atoms with van der Waals surface area (Å²) in [6.45, 7) is 11.4. The quantitative estimate of drug-likeness (QED) is 0.567.